The minimum atomic E-state index is 0.127. The third kappa shape index (κ3) is 2.87. The molecule has 1 heterocycles. The fourth-order valence-corrected chi connectivity index (χ4v) is 1.88. The van der Waals surface area contributed by atoms with Crippen molar-refractivity contribution in [1.29, 1.82) is 0 Å². The Bertz CT molecular complexity index is 194. The van der Waals surface area contributed by atoms with Gasteiger partial charge in [0.25, 0.3) is 0 Å². The maximum atomic E-state index is 11.7. The van der Waals surface area contributed by atoms with Crippen molar-refractivity contribution in [3.05, 3.63) is 0 Å². The first-order chi connectivity index (χ1) is 6.65. The second kappa shape index (κ2) is 5.20. The molecular weight excluding hydrogens is 178 g/mol. The maximum absolute atomic E-state index is 11.7. The number of carbonyl (C=O) groups excluding carboxylic acids is 1. The quantitative estimate of drug-likeness (QED) is 0.677. The molecule has 0 spiro atoms. The standard InChI is InChI=1S/C10H21N3O/c1-12(2)10(14)13-6-3-4-9(8-11)5-7-13/h9H,3-8,11H2,1-2H3. The lowest BCUT2D eigenvalue weighted by Crippen LogP contribution is -2.39. The minimum absolute atomic E-state index is 0.127. The lowest BCUT2D eigenvalue weighted by atomic mass is 10.0. The summed E-state index contributed by atoms with van der Waals surface area (Å²) in [6.45, 7) is 2.50. The number of carbonyl (C=O) groups is 1. The van der Waals surface area contributed by atoms with E-state index >= 15 is 0 Å². The molecule has 0 saturated carbocycles. The average Bonchev–Trinajstić information content (AvgIpc) is 2.41. The van der Waals surface area contributed by atoms with Crippen LogP contribution in [0.4, 0.5) is 4.79 Å². The van der Waals surface area contributed by atoms with Crippen LogP contribution in [0, 0.1) is 5.92 Å². The molecule has 0 radical (unpaired) electrons. The van der Waals surface area contributed by atoms with E-state index in [-0.39, 0.29) is 6.03 Å². The molecule has 2 N–H and O–H groups in total. The van der Waals surface area contributed by atoms with Crippen LogP contribution in [-0.4, -0.2) is 49.6 Å². The van der Waals surface area contributed by atoms with Crippen molar-refractivity contribution in [1.82, 2.24) is 9.80 Å². The van der Waals surface area contributed by atoms with E-state index in [0.29, 0.717) is 5.92 Å². The van der Waals surface area contributed by atoms with Crippen molar-refractivity contribution < 1.29 is 4.79 Å². The van der Waals surface area contributed by atoms with Crippen molar-refractivity contribution >= 4 is 6.03 Å². The Labute approximate surface area is 86.0 Å². The summed E-state index contributed by atoms with van der Waals surface area (Å²) in [5, 5.41) is 0. The molecule has 14 heavy (non-hydrogen) atoms. The van der Waals surface area contributed by atoms with Crippen LogP contribution in [0.15, 0.2) is 0 Å². The molecule has 4 heteroatoms. The number of amides is 2. The van der Waals surface area contributed by atoms with Crippen molar-refractivity contribution in [2.24, 2.45) is 11.7 Å². The normalized spacial score (nSPS) is 23.1. The number of hydrogen-bond acceptors (Lipinski definition) is 2. The summed E-state index contributed by atoms with van der Waals surface area (Å²) < 4.78 is 0. The summed E-state index contributed by atoms with van der Waals surface area (Å²) in [7, 11) is 3.60. The van der Waals surface area contributed by atoms with E-state index < -0.39 is 0 Å². The van der Waals surface area contributed by atoms with Crippen molar-refractivity contribution in [2.75, 3.05) is 33.7 Å². The minimum Gasteiger partial charge on any atom is -0.331 e. The molecule has 1 aliphatic rings. The highest BCUT2D eigenvalue weighted by atomic mass is 16.2. The summed E-state index contributed by atoms with van der Waals surface area (Å²) in [6.07, 6.45) is 3.30. The van der Waals surface area contributed by atoms with Gasteiger partial charge in [0.2, 0.25) is 0 Å². The molecule has 1 rings (SSSR count). The second-order valence-corrected chi connectivity index (χ2v) is 4.20. The van der Waals surface area contributed by atoms with Crippen LogP contribution in [0.5, 0.6) is 0 Å². The van der Waals surface area contributed by atoms with Gasteiger partial charge < -0.3 is 15.5 Å². The molecule has 1 atom stereocenters. The van der Waals surface area contributed by atoms with Crippen LogP contribution >= 0.6 is 0 Å². The Morgan fingerprint density at radius 3 is 2.71 bits per heavy atom. The Morgan fingerprint density at radius 1 is 1.43 bits per heavy atom. The van der Waals surface area contributed by atoms with Crippen molar-refractivity contribution in [3.63, 3.8) is 0 Å². The lowest BCUT2D eigenvalue weighted by molar-refractivity contribution is 0.172. The number of urea groups is 1. The topological polar surface area (TPSA) is 49.6 Å². The predicted octanol–water partition coefficient (Wildman–Crippen LogP) is 0.729. The molecule has 2 amide bonds. The van der Waals surface area contributed by atoms with E-state index in [1.165, 1.54) is 0 Å². The molecule has 1 fully saturated rings. The molecule has 1 unspecified atom stereocenters. The summed E-state index contributed by atoms with van der Waals surface area (Å²) in [5.74, 6) is 0.606. The molecule has 0 aromatic carbocycles. The fourth-order valence-electron chi connectivity index (χ4n) is 1.88. The summed E-state index contributed by atoms with van der Waals surface area (Å²) >= 11 is 0. The zero-order valence-electron chi connectivity index (χ0n) is 9.20. The zero-order valence-corrected chi connectivity index (χ0v) is 9.20. The van der Waals surface area contributed by atoms with Gasteiger partial charge in [-0.25, -0.2) is 4.79 Å². The van der Waals surface area contributed by atoms with Crippen LogP contribution in [0.2, 0.25) is 0 Å². The van der Waals surface area contributed by atoms with Crippen LogP contribution < -0.4 is 5.73 Å². The van der Waals surface area contributed by atoms with Crippen LogP contribution in [0.1, 0.15) is 19.3 Å². The molecule has 1 aliphatic heterocycles. The highest BCUT2D eigenvalue weighted by Gasteiger charge is 2.20. The first-order valence-corrected chi connectivity index (χ1v) is 5.31. The zero-order chi connectivity index (χ0) is 10.6. The smallest absolute Gasteiger partial charge is 0.319 e. The summed E-state index contributed by atoms with van der Waals surface area (Å²) in [4.78, 5) is 15.2. The molecule has 1 saturated heterocycles. The van der Waals surface area contributed by atoms with Gasteiger partial charge in [-0.2, -0.15) is 0 Å². The van der Waals surface area contributed by atoms with Gasteiger partial charge in [0.1, 0.15) is 0 Å². The molecule has 4 nitrogen and oxygen atoms in total. The monoisotopic (exact) mass is 199 g/mol. The third-order valence-electron chi connectivity index (χ3n) is 2.83. The van der Waals surface area contributed by atoms with Gasteiger partial charge >= 0.3 is 6.03 Å². The van der Waals surface area contributed by atoms with Gasteiger partial charge in [-0.15, -0.1) is 0 Å². The number of nitrogens with two attached hydrogens (primary N) is 1. The largest absolute Gasteiger partial charge is 0.331 e. The van der Waals surface area contributed by atoms with Crippen LogP contribution in [-0.2, 0) is 0 Å². The van der Waals surface area contributed by atoms with E-state index in [1.807, 2.05) is 4.90 Å². The van der Waals surface area contributed by atoms with Gasteiger partial charge in [0.05, 0.1) is 0 Å². The molecule has 82 valence electrons. The van der Waals surface area contributed by atoms with E-state index in [2.05, 4.69) is 0 Å². The van der Waals surface area contributed by atoms with E-state index in [0.717, 1.165) is 38.9 Å². The third-order valence-corrected chi connectivity index (χ3v) is 2.83. The molecule has 0 aliphatic carbocycles. The Hall–Kier alpha value is -0.770. The molecule has 0 aromatic rings. The van der Waals surface area contributed by atoms with E-state index in [4.69, 9.17) is 5.73 Å². The second-order valence-electron chi connectivity index (χ2n) is 4.20. The number of nitrogens with zero attached hydrogens (tertiary/aromatic N) is 2. The maximum Gasteiger partial charge on any atom is 0.319 e. The van der Waals surface area contributed by atoms with Gasteiger partial charge in [0.15, 0.2) is 0 Å². The Morgan fingerprint density at radius 2 is 2.14 bits per heavy atom. The fraction of sp³-hybridized carbons (Fsp3) is 0.900. The average molecular weight is 199 g/mol. The van der Waals surface area contributed by atoms with Crippen LogP contribution in [0.3, 0.4) is 0 Å². The Kier molecular flexibility index (Phi) is 4.20. The number of hydrogen-bond donors (Lipinski definition) is 1. The number of rotatable bonds is 1. The van der Waals surface area contributed by atoms with Gasteiger partial charge in [-0.05, 0) is 31.7 Å². The van der Waals surface area contributed by atoms with Crippen molar-refractivity contribution in [3.8, 4) is 0 Å². The van der Waals surface area contributed by atoms with Gasteiger partial charge in [0, 0.05) is 27.2 Å². The van der Waals surface area contributed by atoms with Gasteiger partial charge in [-0.3, -0.25) is 0 Å². The molecular formula is C10H21N3O. The molecule has 0 aromatic heterocycles. The highest BCUT2D eigenvalue weighted by molar-refractivity contribution is 5.73. The van der Waals surface area contributed by atoms with Gasteiger partial charge in [-0.1, -0.05) is 0 Å². The highest BCUT2D eigenvalue weighted by Crippen LogP contribution is 2.16. The van der Waals surface area contributed by atoms with Crippen molar-refractivity contribution in [2.45, 2.75) is 19.3 Å². The van der Waals surface area contributed by atoms with E-state index in [9.17, 15) is 4.79 Å². The lowest BCUT2D eigenvalue weighted by Gasteiger charge is -2.24. The Balaban J connectivity index is 2.45. The summed E-state index contributed by atoms with van der Waals surface area (Å²) in [5.41, 5.74) is 5.64. The predicted molar refractivity (Wildman–Crippen MR) is 57.1 cm³/mol. The summed E-state index contributed by atoms with van der Waals surface area (Å²) in [6, 6.07) is 0.127. The SMILES string of the molecule is CN(C)C(=O)N1CCCC(CN)CC1. The first-order valence-electron chi connectivity index (χ1n) is 5.31. The van der Waals surface area contributed by atoms with E-state index in [1.54, 1.807) is 19.0 Å². The first kappa shape index (κ1) is 11.3. The number of likely N-dealkylation sites (tertiary alicyclic amines) is 1. The van der Waals surface area contributed by atoms with Crippen LogP contribution in [0.25, 0.3) is 0 Å². The molecule has 0 bridgehead atoms.